The van der Waals surface area contributed by atoms with Gasteiger partial charge in [-0.15, -0.1) is 0 Å². The van der Waals surface area contributed by atoms with E-state index >= 15 is 0 Å². The maximum absolute atomic E-state index is 12.8. The van der Waals surface area contributed by atoms with Gasteiger partial charge in [0, 0.05) is 24.7 Å². The van der Waals surface area contributed by atoms with Crippen molar-refractivity contribution in [3.8, 4) is 0 Å². The zero-order chi connectivity index (χ0) is 17.2. The zero-order valence-electron chi connectivity index (χ0n) is 14.6. The third kappa shape index (κ3) is 3.74. The van der Waals surface area contributed by atoms with Gasteiger partial charge in [0.05, 0.1) is 17.4 Å². The van der Waals surface area contributed by atoms with E-state index in [9.17, 15) is 4.79 Å². The first-order valence-electron chi connectivity index (χ1n) is 9.13. The highest BCUT2D eigenvalue weighted by atomic mass is 16.5. The van der Waals surface area contributed by atoms with Crippen molar-refractivity contribution in [1.29, 1.82) is 0 Å². The molecule has 2 aromatic rings. The number of anilines is 1. The molecule has 2 aromatic heterocycles. The number of carbonyl (C=O) groups is 1. The van der Waals surface area contributed by atoms with E-state index in [0.29, 0.717) is 18.3 Å². The second-order valence-corrected chi connectivity index (χ2v) is 7.13. The van der Waals surface area contributed by atoms with Gasteiger partial charge in [-0.25, -0.2) is 0 Å². The minimum atomic E-state index is -0.148. The highest BCUT2D eigenvalue weighted by Gasteiger charge is 2.31. The van der Waals surface area contributed by atoms with E-state index in [4.69, 9.17) is 4.52 Å². The molecule has 1 aliphatic heterocycles. The highest BCUT2D eigenvalue weighted by molar-refractivity contribution is 5.93. The van der Waals surface area contributed by atoms with Crippen molar-refractivity contribution in [3.63, 3.8) is 0 Å². The van der Waals surface area contributed by atoms with Crippen LogP contribution in [0, 0.1) is 6.92 Å². The summed E-state index contributed by atoms with van der Waals surface area (Å²) < 4.78 is 5.29. The van der Waals surface area contributed by atoms with Crippen molar-refractivity contribution in [3.05, 3.63) is 41.3 Å². The Balaban J connectivity index is 1.44. The van der Waals surface area contributed by atoms with Gasteiger partial charge in [-0.05, 0) is 50.8 Å². The molecule has 25 heavy (non-hydrogen) atoms. The molecule has 2 aliphatic rings. The molecule has 0 unspecified atom stereocenters. The van der Waals surface area contributed by atoms with Crippen molar-refractivity contribution < 1.29 is 9.32 Å². The van der Waals surface area contributed by atoms with E-state index in [1.165, 1.54) is 12.8 Å². The molecule has 1 amide bonds. The molecule has 1 saturated heterocycles. The fraction of sp³-hybridized carbons (Fsp3) is 0.526. The van der Waals surface area contributed by atoms with Crippen LogP contribution in [0.1, 0.15) is 55.0 Å². The Morgan fingerprint density at radius 2 is 2.24 bits per heavy atom. The third-order valence-corrected chi connectivity index (χ3v) is 5.16. The number of nitrogens with one attached hydrogen (secondary N) is 1. The highest BCUT2D eigenvalue weighted by Crippen LogP contribution is 2.40. The molecule has 1 aliphatic carbocycles. The van der Waals surface area contributed by atoms with Gasteiger partial charge < -0.3 is 4.52 Å². The Kier molecular flexibility index (Phi) is 4.53. The number of hydrogen-bond acceptors (Lipinski definition) is 5. The molecule has 0 spiro atoms. The number of nitrogens with zero attached hydrogens (tertiary/aromatic N) is 3. The second-order valence-electron chi connectivity index (χ2n) is 7.13. The number of piperidine rings is 1. The first-order valence-corrected chi connectivity index (χ1v) is 9.13. The van der Waals surface area contributed by atoms with Gasteiger partial charge in [0.15, 0.2) is 0 Å². The third-order valence-electron chi connectivity index (χ3n) is 5.16. The molecule has 1 N–H and O–H groups in total. The maximum atomic E-state index is 12.8. The van der Waals surface area contributed by atoms with Crippen LogP contribution in [0.2, 0.25) is 0 Å². The molecule has 4 rings (SSSR count). The summed E-state index contributed by atoms with van der Waals surface area (Å²) in [5, 5.41) is 6.98. The molecule has 0 bridgehead atoms. The van der Waals surface area contributed by atoms with Crippen LogP contribution >= 0.6 is 0 Å². The Morgan fingerprint density at radius 3 is 3.04 bits per heavy atom. The fourth-order valence-corrected chi connectivity index (χ4v) is 3.48. The Bertz CT molecular complexity index is 753. The Morgan fingerprint density at radius 1 is 1.36 bits per heavy atom. The molecule has 0 aromatic carbocycles. The minimum Gasteiger partial charge on any atom is -0.338 e. The standard InChI is InChI=1S/C19H24N4O2/c1-13-5-4-9-20-16(13)12-23-10-3-2-6-17(23)19(24)21-18-11-15(22-25-18)14-7-8-14/h4-5,9,11,14,17H,2-3,6-8,10,12H2,1H3,(H,21,24)/t17-/m1/s1. The largest absolute Gasteiger partial charge is 0.338 e. The molecule has 3 heterocycles. The summed E-state index contributed by atoms with van der Waals surface area (Å²) >= 11 is 0. The number of carbonyl (C=O) groups excluding carboxylic acids is 1. The van der Waals surface area contributed by atoms with Crippen molar-refractivity contribution in [2.75, 3.05) is 11.9 Å². The van der Waals surface area contributed by atoms with Gasteiger partial charge in [-0.3, -0.25) is 20.0 Å². The lowest BCUT2D eigenvalue weighted by Gasteiger charge is -2.34. The van der Waals surface area contributed by atoms with Crippen molar-refractivity contribution in [1.82, 2.24) is 15.0 Å². The number of hydrogen-bond donors (Lipinski definition) is 1. The predicted molar refractivity (Wildman–Crippen MR) is 94.1 cm³/mol. The van der Waals surface area contributed by atoms with Crippen molar-refractivity contribution >= 4 is 11.8 Å². The summed E-state index contributed by atoms with van der Waals surface area (Å²) in [4.78, 5) is 19.5. The van der Waals surface area contributed by atoms with E-state index in [1.807, 2.05) is 18.3 Å². The molecule has 1 saturated carbocycles. The number of amides is 1. The van der Waals surface area contributed by atoms with E-state index in [-0.39, 0.29) is 11.9 Å². The summed E-state index contributed by atoms with van der Waals surface area (Å²) in [6, 6.07) is 5.73. The quantitative estimate of drug-likeness (QED) is 0.904. The van der Waals surface area contributed by atoms with Crippen molar-refractivity contribution in [2.45, 2.75) is 57.5 Å². The van der Waals surface area contributed by atoms with Crippen LogP contribution < -0.4 is 5.32 Å². The molecular formula is C19H24N4O2. The lowest BCUT2D eigenvalue weighted by Crippen LogP contribution is -2.46. The van der Waals surface area contributed by atoms with Gasteiger partial charge in [0.1, 0.15) is 0 Å². The summed E-state index contributed by atoms with van der Waals surface area (Å²) in [7, 11) is 0. The molecular weight excluding hydrogens is 316 g/mol. The number of pyridine rings is 1. The van der Waals surface area contributed by atoms with E-state index in [0.717, 1.165) is 42.8 Å². The van der Waals surface area contributed by atoms with E-state index in [1.54, 1.807) is 0 Å². The van der Waals surface area contributed by atoms with E-state index in [2.05, 4.69) is 33.3 Å². The van der Waals surface area contributed by atoms with Gasteiger partial charge in [-0.2, -0.15) is 0 Å². The average Bonchev–Trinajstić information content (AvgIpc) is 3.37. The zero-order valence-corrected chi connectivity index (χ0v) is 14.6. The monoisotopic (exact) mass is 340 g/mol. The molecule has 6 nitrogen and oxygen atoms in total. The van der Waals surface area contributed by atoms with Crippen LogP contribution in [-0.4, -0.2) is 33.5 Å². The topological polar surface area (TPSA) is 71.3 Å². The second kappa shape index (κ2) is 6.96. The van der Waals surface area contributed by atoms with Gasteiger partial charge in [0.2, 0.25) is 11.8 Å². The molecule has 0 radical (unpaired) electrons. The van der Waals surface area contributed by atoms with Gasteiger partial charge in [0.25, 0.3) is 0 Å². The van der Waals surface area contributed by atoms with Crippen LogP contribution in [0.25, 0.3) is 0 Å². The minimum absolute atomic E-state index is 0.00761. The Labute approximate surface area is 147 Å². The summed E-state index contributed by atoms with van der Waals surface area (Å²) in [6.07, 6.45) is 7.19. The van der Waals surface area contributed by atoms with Crippen LogP contribution in [0.5, 0.6) is 0 Å². The predicted octanol–water partition coefficient (Wildman–Crippen LogP) is 3.25. The van der Waals surface area contributed by atoms with Gasteiger partial charge >= 0.3 is 0 Å². The lowest BCUT2D eigenvalue weighted by molar-refractivity contribution is -0.122. The Hall–Kier alpha value is -2.21. The smallest absolute Gasteiger partial charge is 0.244 e. The van der Waals surface area contributed by atoms with Crippen LogP contribution in [0.4, 0.5) is 5.88 Å². The molecule has 132 valence electrons. The molecule has 6 heteroatoms. The average molecular weight is 340 g/mol. The van der Waals surface area contributed by atoms with Crippen molar-refractivity contribution in [2.24, 2.45) is 0 Å². The first-order chi connectivity index (χ1) is 12.2. The summed E-state index contributed by atoms with van der Waals surface area (Å²) in [5.41, 5.74) is 3.16. The molecule has 2 fully saturated rings. The first kappa shape index (κ1) is 16.3. The number of aromatic nitrogens is 2. The molecule has 1 atom stereocenters. The van der Waals surface area contributed by atoms with E-state index < -0.39 is 0 Å². The lowest BCUT2D eigenvalue weighted by atomic mass is 10.0. The van der Waals surface area contributed by atoms with Gasteiger partial charge in [-0.1, -0.05) is 17.6 Å². The number of rotatable bonds is 5. The van der Waals surface area contributed by atoms with Crippen LogP contribution in [-0.2, 0) is 11.3 Å². The summed E-state index contributed by atoms with van der Waals surface area (Å²) in [6.45, 7) is 3.68. The summed E-state index contributed by atoms with van der Waals surface area (Å²) in [5.74, 6) is 0.978. The van der Waals surface area contributed by atoms with Crippen LogP contribution in [0.3, 0.4) is 0 Å². The van der Waals surface area contributed by atoms with Crippen LogP contribution in [0.15, 0.2) is 28.9 Å². The number of likely N-dealkylation sites (tertiary alicyclic amines) is 1. The SMILES string of the molecule is Cc1cccnc1CN1CCCC[C@@H]1C(=O)Nc1cc(C2CC2)no1. The number of aryl methyl sites for hydroxylation is 1. The maximum Gasteiger partial charge on any atom is 0.244 e. The normalized spacial score (nSPS) is 21.2. The fourth-order valence-electron chi connectivity index (χ4n) is 3.48.